The van der Waals surface area contributed by atoms with Crippen LogP contribution in [0.1, 0.15) is 10.4 Å². The van der Waals surface area contributed by atoms with E-state index in [1.54, 1.807) is 12.1 Å². The van der Waals surface area contributed by atoms with Gasteiger partial charge in [-0.25, -0.2) is 13.6 Å². The third kappa shape index (κ3) is 3.85. The van der Waals surface area contributed by atoms with Crippen LogP contribution in [0.5, 0.6) is 0 Å². The van der Waals surface area contributed by atoms with Crippen LogP contribution >= 0.6 is 15.9 Å². The van der Waals surface area contributed by atoms with E-state index in [9.17, 15) is 13.2 Å². The average molecular weight is 384 g/mol. The van der Waals surface area contributed by atoms with Gasteiger partial charge < -0.3 is 0 Å². The molecule has 3 N–H and O–H groups in total. The van der Waals surface area contributed by atoms with Gasteiger partial charge in [-0.05, 0) is 46.3 Å². The number of hydrogen-bond acceptors (Lipinski definition) is 4. The number of sulfonamides is 1. The first kappa shape index (κ1) is 16.5. The molecule has 0 saturated carbocycles. The number of para-hydroxylation sites is 1. The van der Waals surface area contributed by atoms with Crippen LogP contribution in [0.25, 0.3) is 0 Å². The molecule has 116 valence electrons. The number of nitrogens with one attached hydrogen (secondary N) is 1. The van der Waals surface area contributed by atoms with E-state index in [-0.39, 0.29) is 10.5 Å². The van der Waals surface area contributed by atoms with Gasteiger partial charge in [0, 0.05) is 11.5 Å². The molecule has 0 aliphatic rings. The van der Waals surface area contributed by atoms with E-state index in [2.05, 4.69) is 21.4 Å². The molecular weight excluding hydrogens is 370 g/mol. The van der Waals surface area contributed by atoms with Crippen LogP contribution in [0.4, 0.5) is 5.69 Å². The minimum atomic E-state index is -3.87. The summed E-state index contributed by atoms with van der Waals surface area (Å²) in [4.78, 5) is 12.2. The van der Waals surface area contributed by atoms with E-state index in [1.165, 1.54) is 18.2 Å². The minimum Gasteiger partial charge on any atom is -0.288 e. The number of rotatable bonds is 4. The predicted octanol–water partition coefficient (Wildman–Crippen LogP) is 1.88. The average Bonchev–Trinajstić information content (AvgIpc) is 2.47. The lowest BCUT2D eigenvalue weighted by molar-refractivity contribution is 0.0950. The van der Waals surface area contributed by atoms with E-state index >= 15 is 0 Å². The highest BCUT2D eigenvalue weighted by Crippen LogP contribution is 2.21. The molecule has 0 aliphatic carbocycles. The highest BCUT2D eigenvalue weighted by molar-refractivity contribution is 9.10. The van der Waals surface area contributed by atoms with E-state index in [1.807, 2.05) is 30.3 Å². The third-order valence-electron chi connectivity index (χ3n) is 2.92. The smallest absolute Gasteiger partial charge is 0.270 e. The molecule has 0 atom stereocenters. The SMILES string of the molecule is CN(NC(=O)c1cc(S(N)(=O)=O)ccc1Br)c1ccccc1. The van der Waals surface area contributed by atoms with Crippen LogP contribution in [0.15, 0.2) is 57.9 Å². The molecule has 0 bridgehead atoms. The standard InChI is InChI=1S/C14H14BrN3O3S/c1-18(10-5-3-2-4-6-10)17-14(19)12-9-11(22(16,20)21)7-8-13(12)15/h2-9H,1H3,(H,17,19)(H2,16,20,21). The largest absolute Gasteiger partial charge is 0.288 e. The summed E-state index contributed by atoms with van der Waals surface area (Å²) in [6.07, 6.45) is 0. The molecule has 22 heavy (non-hydrogen) atoms. The lowest BCUT2D eigenvalue weighted by Gasteiger charge is -2.20. The maximum Gasteiger partial charge on any atom is 0.270 e. The Morgan fingerprint density at radius 2 is 1.82 bits per heavy atom. The van der Waals surface area contributed by atoms with Crippen LogP contribution < -0.4 is 15.6 Å². The van der Waals surface area contributed by atoms with E-state index in [4.69, 9.17) is 5.14 Å². The van der Waals surface area contributed by atoms with Crippen molar-refractivity contribution in [2.75, 3.05) is 12.1 Å². The fourth-order valence-electron chi connectivity index (χ4n) is 1.78. The zero-order valence-electron chi connectivity index (χ0n) is 11.7. The van der Waals surface area contributed by atoms with Crippen molar-refractivity contribution in [3.05, 3.63) is 58.6 Å². The number of carbonyl (C=O) groups excluding carboxylic acids is 1. The Kier molecular flexibility index (Phi) is 4.84. The number of halogens is 1. The maximum atomic E-state index is 12.3. The molecule has 0 aliphatic heterocycles. The molecule has 0 unspecified atom stereocenters. The zero-order chi connectivity index (χ0) is 16.3. The summed E-state index contributed by atoms with van der Waals surface area (Å²) >= 11 is 3.23. The molecule has 8 heteroatoms. The van der Waals surface area contributed by atoms with Crippen molar-refractivity contribution in [2.24, 2.45) is 5.14 Å². The molecule has 0 heterocycles. The molecule has 1 amide bonds. The summed E-state index contributed by atoms with van der Waals surface area (Å²) in [7, 11) is -2.19. The quantitative estimate of drug-likeness (QED) is 0.788. The Bertz CT molecular complexity index is 794. The Morgan fingerprint density at radius 1 is 1.18 bits per heavy atom. The molecule has 2 aromatic rings. The topological polar surface area (TPSA) is 92.5 Å². The molecule has 0 radical (unpaired) electrons. The van der Waals surface area contributed by atoms with Crippen LogP contribution in [0.2, 0.25) is 0 Å². The van der Waals surface area contributed by atoms with E-state index in [0.29, 0.717) is 4.47 Å². The maximum absolute atomic E-state index is 12.3. The van der Waals surface area contributed by atoms with Crippen LogP contribution in [0, 0.1) is 0 Å². The van der Waals surface area contributed by atoms with Crippen molar-refractivity contribution in [2.45, 2.75) is 4.90 Å². The molecule has 0 saturated heterocycles. The van der Waals surface area contributed by atoms with Gasteiger partial charge in [-0.2, -0.15) is 0 Å². The summed E-state index contributed by atoms with van der Waals surface area (Å²) in [6.45, 7) is 0. The van der Waals surface area contributed by atoms with E-state index < -0.39 is 15.9 Å². The van der Waals surface area contributed by atoms with E-state index in [0.717, 1.165) is 5.69 Å². The molecule has 0 spiro atoms. The highest BCUT2D eigenvalue weighted by atomic mass is 79.9. The summed E-state index contributed by atoms with van der Waals surface area (Å²) in [6, 6.07) is 13.2. The van der Waals surface area contributed by atoms with Gasteiger partial charge in [0.05, 0.1) is 16.1 Å². The van der Waals surface area contributed by atoms with Gasteiger partial charge >= 0.3 is 0 Å². The van der Waals surface area contributed by atoms with Gasteiger partial charge in [-0.3, -0.25) is 15.2 Å². The van der Waals surface area contributed by atoms with Crippen LogP contribution in [0.3, 0.4) is 0 Å². The first-order chi connectivity index (χ1) is 10.3. The first-order valence-corrected chi connectivity index (χ1v) is 8.55. The first-order valence-electron chi connectivity index (χ1n) is 6.21. The fourth-order valence-corrected chi connectivity index (χ4v) is 2.75. The van der Waals surface area contributed by atoms with Gasteiger partial charge in [0.15, 0.2) is 0 Å². The lowest BCUT2D eigenvalue weighted by atomic mass is 10.2. The normalized spacial score (nSPS) is 11.0. The monoisotopic (exact) mass is 383 g/mol. The molecule has 2 aromatic carbocycles. The van der Waals surface area contributed by atoms with Gasteiger partial charge in [0.1, 0.15) is 0 Å². The van der Waals surface area contributed by atoms with Crippen LogP contribution in [-0.2, 0) is 10.0 Å². The third-order valence-corrected chi connectivity index (χ3v) is 4.53. The molecule has 2 rings (SSSR count). The minimum absolute atomic E-state index is 0.122. The Labute approximate surface area is 137 Å². The zero-order valence-corrected chi connectivity index (χ0v) is 14.1. The summed E-state index contributed by atoms with van der Waals surface area (Å²) in [5, 5.41) is 6.62. The number of primary sulfonamides is 1. The number of amides is 1. The Hall–Kier alpha value is -1.90. The van der Waals surface area contributed by atoms with Crippen molar-refractivity contribution in [3.8, 4) is 0 Å². The Balaban J connectivity index is 2.26. The number of hydrogen-bond donors (Lipinski definition) is 2. The summed E-state index contributed by atoms with van der Waals surface area (Å²) in [5.41, 5.74) is 3.62. The highest BCUT2D eigenvalue weighted by Gasteiger charge is 2.16. The van der Waals surface area contributed by atoms with Gasteiger partial charge in [-0.15, -0.1) is 0 Å². The van der Waals surface area contributed by atoms with Crippen molar-refractivity contribution in [3.63, 3.8) is 0 Å². The number of anilines is 1. The van der Waals surface area contributed by atoms with Crippen molar-refractivity contribution >= 4 is 37.5 Å². The second-order valence-electron chi connectivity index (χ2n) is 4.52. The lowest BCUT2D eigenvalue weighted by Crippen LogP contribution is -2.39. The molecule has 6 nitrogen and oxygen atoms in total. The van der Waals surface area contributed by atoms with Crippen LogP contribution in [-0.4, -0.2) is 21.4 Å². The second kappa shape index (κ2) is 6.47. The molecular formula is C14H14BrN3O3S. The number of nitrogens with zero attached hydrogens (tertiary/aromatic N) is 1. The van der Waals surface area contributed by atoms with Gasteiger partial charge in [0.25, 0.3) is 5.91 Å². The van der Waals surface area contributed by atoms with Crippen molar-refractivity contribution in [1.82, 2.24) is 5.43 Å². The Morgan fingerprint density at radius 3 is 2.41 bits per heavy atom. The number of carbonyl (C=O) groups is 1. The number of hydrazine groups is 1. The second-order valence-corrected chi connectivity index (χ2v) is 6.94. The number of benzene rings is 2. The summed E-state index contributed by atoms with van der Waals surface area (Å²) < 4.78 is 23.2. The molecule has 0 aromatic heterocycles. The predicted molar refractivity (Wildman–Crippen MR) is 87.8 cm³/mol. The summed E-state index contributed by atoms with van der Waals surface area (Å²) in [5.74, 6) is -0.455. The molecule has 0 fully saturated rings. The van der Waals surface area contributed by atoms with Gasteiger partial charge in [0.2, 0.25) is 10.0 Å². The fraction of sp³-hybridized carbons (Fsp3) is 0.0714. The van der Waals surface area contributed by atoms with Crippen molar-refractivity contribution in [1.29, 1.82) is 0 Å². The van der Waals surface area contributed by atoms with Crippen molar-refractivity contribution < 1.29 is 13.2 Å². The number of nitrogens with two attached hydrogens (primary N) is 1. The van der Waals surface area contributed by atoms with Gasteiger partial charge in [-0.1, -0.05) is 18.2 Å².